The van der Waals surface area contributed by atoms with E-state index in [-0.39, 0.29) is 17.0 Å². The number of thiocarbonyl (C=S) groups is 1. The molecule has 0 unspecified atom stereocenters. The van der Waals surface area contributed by atoms with Crippen LogP contribution in [-0.4, -0.2) is 44.1 Å². The van der Waals surface area contributed by atoms with Gasteiger partial charge in [-0.1, -0.05) is 42.5 Å². The van der Waals surface area contributed by atoms with Crippen molar-refractivity contribution in [3.8, 4) is 0 Å². The first kappa shape index (κ1) is 21.8. The average molecular weight is 445 g/mol. The molecule has 0 radical (unpaired) electrons. The molecule has 0 saturated heterocycles. The number of amides is 1. The molecule has 0 saturated carbocycles. The van der Waals surface area contributed by atoms with E-state index in [2.05, 4.69) is 5.32 Å². The second kappa shape index (κ2) is 8.86. The number of para-hydroxylation sites is 1. The smallest absolute Gasteiger partial charge is 0.349 e. The summed E-state index contributed by atoms with van der Waals surface area (Å²) in [6.07, 6.45) is 0.304. The fourth-order valence-corrected chi connectivity index (χ4v) is 4.02. The van der Waals surface area contributed by atoms with Crippen LogP contribution < -0.4 is 10.9 Å². The monoisotopic (exact) mass is 444 g/mol. The zero-order valence-corrected chi connectivity index (χ0v) is 18.0. The van der Waals surface area contributed by atoms with Crippen molar-refractivity contribution in [3.63, 3.8) is 0 Å². The third kappa shape index (κ3) is 4.81. The lowest BCUT2D eigenvalue weighted by atomic mass is 10.1. The SMILES string of the molecule is CN(C)S(=O)(=O)c1cccc(CC(=S)CNC(=O)c2cc3ccccc3oc2=O)c1. The topological polar surface area (TPSA) is 96.7 Å². The first-order valence-electron chi connectivity index (χ1n) is 9.03. The summed E-state index contributed by atoms with van der Waals surface area (Å²) in [7, 11) is -0.617. The van der Waals surface area contributed by atoms with Crippen LogP contribution in [0.25, 0.3) is 11.0 Å². The van der Waals surface area contributed by atoms with Crippen LogP contribution in [-0.2, 0) is 16.4 Å². The molecule has 0 aliphatic heterocycles. The summed E-state index contributed by atoms with van der Waals surface area (Å²) in [5.74, 6) is -0.583. The molecule has 1 aromatic heterocycles. The van der Waals surface area contributed by atoms with Crippen molar-refractivity contribution in [2.24, 2.45) is 0 Å². The molecular formula is C21H20N2O5S2. The van der Waals surface area contributed by atoms with E-state index >= 15 is 0 Å². The third-order valence-corrected chi connectivity index (χ3v) is 6.51. The molecule has 0 bridgehead atoms. The van der Waals surface area contributed by atoms with Gasteiger partial charge in [0.1, 0.15) is 11.1 Å². The lowest BCUT2D eigenvalue weighted by Gasteiger charge is -2.12. The third-order valence-electron chi connectivity index (χ3n) is 4.41. The van der Waals surface area contributed by atoms with E-state index in [0.717, 1.165) is 4.31 Å². The van der Waals surface area contributed by atoms with E-state index in [1.165, 1.54) is 26.2 Å². The highest BCUT2D eigenvalue weighted by Gasteiger charge is 2.18. The van der Waals surface area contributed by atoms with Gasteiger partial charge >= 0.3 is 5.63 Å². The number of benzene rings is 2. The lowest BCUT2D eigenvalue weighted by Crippen LogP contribution is -2.32. The summed E-state index contributed by atoms with van der Waals surface area (Å²) in [6, 6.07) is 14.9. The van der Waals surface area contributed by atoms with E-state index in [1.54, 1.807) is 42.5 Å². The van der Waals surface area contributed by atoms with Gasteiger partial charge in [0, 0.05) is 37.3 Å². The molecule has 1 N–H and O–H groups in total. The Kier molecular flexibility index (Phi) is 6.45. The normalized spacial score (nSPS) is 11.6. The Morgan fingerprint density at radius 2 is 1.83 bits per heavy atom. The fourth-order valence-electron chi connectivity index (χ4n) is 2.81. The van der Waals surface area contributed by atoms with Crippen molar-refractivity contribution in [1.29, 1.82) is 0 Å². The predicted molar refractivity (Wildman–Crippen MR) is 118 cm³/mol. The molecule has 30 heavy (non-hydrogen) atoms. The quantitative estimate of drug-likeness (QED) is 0.444. The first-order valence-corrected chi connectivity index (χ1v) is 10.9. The van der Waals surface area contributed by atoms with Crippen molar-refractivity contribution in [1.82, 2.24) is 9.62 Å². The Hall–Kier alpha value is -2.88. The molecule has 0 spiro atoms. The molecule has 0 aliphatic carbocycles. The number of sulfonamides is 1. The highest BCUT2D eigenvalue weighted by atomic mass is 32.2. The second-order valence-corrected chi connectivity index (χ2v) is 9.55. The van der Waals surface area contributed by atoms with Crippen LogP contribution in [0.2, 0.25) is 0 Å². The van der Waals surface area contributed by atoms with E-state index < -0.39 is 21.6 Å². The summed E-state index contributed by atoms with van der Waals surface area (Å²) in [6.45, 7) is 0.0606. The number of hydrogen-bond acceptors (Lipinski definition) is 6. The number of nitrogens with zero attached hydrogens (tertiary/aromatic N) is 1. The van der Waals surface area contributed by atoms with Gasteiger partial charge in [-0.05, 0) is 29.8 Å². The Balaban J connectivity index is 1.67. The molecule has 2 aromatic carbocycles. The highest BCUT2D eigenvalue weighted by molar-refractivity contribution is 7.89. The van der Waals surface area contributed by atoms with Crippen LogP contribution in [0, 0.1) is 0 Å². The summed E-state index contributed by atoms with van der Waals surface area (Å²) < 4.78 is 30.8. The maximum Gasteiger partial charge on any atom is 0.349 e. The minimum Gasteiger partial charge on any atom is -0.422 e. The maximum atomic E-state index is 12.4. The predicted octanol–water partition coefficient (Wildman–Crippen LogP) is 2.39. The van der Waals surface area contributed by atoms with Gasteiger partial charge in [-0.3, -0.25) is 4.79 Å². The van der Waals surface area contributed by atoms with E-state index in [9.17, 15) is 18.0 Å². The summed E-state index contributed by atoms with van der Waals surface area (Å²) in [5, 5.41) is 3.26. The van der Waals surface area contributed by atoms with E-state index in [0.29, 0.717) is 27.8 Å². The number of rotatable bonds is 7. The van der Waals surface area contributed by atoms with Gasteiger partial charge in [0.25, 0.3) is 5.91 Å². The number of carbonyl (C=O) groups is 1. The fraction of sp³-hybridized carbons (Fsp3) is 0.190. The number of carbonyl (C=O) groups excluding carboxylic acids is 1. The lowest BCUT2D eigenvalue weighted by molar-refractivity contribution is 0.0956. The largest absolute Gasteiger partial charge is 0.422 e. The van der Waals surface area contributed by atoms with Crippen LogP contribution in [0.1, 0.15) is 15.9 Å². The van der Waals surface area contributed by atoms with E-state index in [4.69, 9.17) is 16.6 Å². The molecular weight excluding hydrogens is 424 g/mol. The first-order chi connectivity index (χ1) is 14.2. The van der Waals surface area contributed by atoms with Crippen molar-refractivity contribution >= 4 is 44.0 Å². The zero-order valence-electron chi connectivity index (χ0n) is 16.4. The summed E-state index contributed by atoms with van der Waals surface area (Å²) >= 11 is 5.33. The molecule has 0 fully saturated rings. The molecule has 156 valence electrons. The van der Waals surface area contributed by atoms with Crippen LogP contribution in [0.4, 0.5) is 0 Å². The van der Waals surface area contributed by atoms with Gasteiger partial charge in [0.05, 0.1) is 4.90 Å². The van der Waals surface area contributed by atoms with Gasteiger partial charge in [-0.2, -0.15) is 0 Å². The number of fused-ring (bicyclic) bond motifs is 1. The molecule has 7 nitrogen and oxygen atoms in total. The highest BCUT2D eigenvalue weighted by Crippen LogP contribution is 2.16. The van der Waals surface area contributed by atoms with Gasteiger partial charge in [-0.15, -0.1) is 0 Å². The Labute approximate surface area is 179 Å². The summed E-state index contributed by atoms with van der Waals surface area (Å²) in [5.41, 5.74) is 0.291. The zero-order chi connectivity index (χ0) is 21.9. The van der Waals surface area contributed by atoms with Crippen molar-refractivity contribution < 1.29 is 17.6 Å². The van der Waals surface area contributed by atoms with Gasteiger partial charge < -0.3 is 9.73 Å². The van der Waals surface area contributed by atoms with Gasteiger partial charge in [0.15, 0.2) is 0 Å². The maximum absolute atomic E-state index is 12.4. The number of nitrogens with one attached hydrogen (secondary N) is 1. The standard InChI is InChI=1S/C21H20N2O5S2/c1-23(2)30(26,27)17-8-5-6-14(11-17)10-16(29)13-22-20(24)18-12-15-7-3-4-9-19(15)28-21(18)25/h3-9,11-12H,10,13H2,1-2H3,(H,22,24). The molecule has 9 heteroatoms. The summed E-state index contributed by atoms with van der Waals surface area (Å²) in [4.78, 5) is 25.2. The number of hydrogen-bond donors (Lipinski definition) is 1. The van der Waals surface area contributed by atoms with Crippen molar-refractivity contribution in [2.45, 2.75) is 11.3 Å². The molecule has 0 aliphatic rings. The van der Waals surface area contributed by atoms with Crippen LogP contribution in [0.5, 0.6) is 0 Å². The molecule has 1 amide bonds. The second-order valence-electron chi connectivity index (χ2n) is 6.82. The minimum atomic E-state index is -3.54. The molecule has 3 rings (SSSR count). The van der Waals surface area contributed by atoms with Crippen molar-refractivity contribution in [3.05, 3.63) is 76.1 Å². The van der Waals surface area contributed by atoms with Gasteiger partial charge in [-0.25, -0.2) is 17.5 Å². The minimum absolute atomic E-state index is 0.0606. The van der Waals surface area contributed by atoms with Gasteiger partial charge in [0.2, 0.25) is 10.0 Å². The van der Waals surface area contributed by atoms with Crippen LogP contribution in [0.15, 0.2) is 68.7 Å². The Morgan fingerprint density at radius 3 is 2.57 bits per heavy atom. The average Bonchev–Trinajstić information content (AvgIpc) is 2.71. The van der Waals surface area contributed by atoms with Crippen LogP contribution in [0.3, 0.4) is 0 Å². The van der Waals surface area contributed by atoms with E-state index in [1.807, 2.05) is 0 Å². The van der Waals surface area contributed by atoms with Crippen LogP contribution >= 0.6 is 12.2 Å². The molecule has 1 heterocycles. The molecule has 0 atom stereocenters. The van der Waals surface area contributed by atoms with Crippen molar-refractivity contribution in [2.75, 3.05) is 20.6 Å². The Morgan fingerprint density at radius 1 is 1.10 bits per heavy atom. The molecule has 3 aromatic rings. The Bertz CT molecular complexity index is 1280.